The highest BCUT2D eigenvalue weighted by molar-refractivity contribution is 7.11. The first-order chi connectivity index (χ1) is 10.1. The maximum atomic E-state index is 12.2. The minimum atomic E-state index is -0.0640. The number of para-hydroxylation sites is 1. The van der Waals surface area contributed by atoms with Gasteiger partial charge in [0.25, 0.3) is 0 Å². The summed E-state index contributed by atoms with van der Waals surface area (Å²) < 4.78 is 0. The van der Waals surface area contributed by atoms with Crippen molar-refractivity contribution in [3.05, 3.63) is 57.8 Å². The van der Waals surface area contributed by atoms with Gasteiger partial charge in [0.1, 0.15) is 10.7 Å². The van der Waals surface area contributed by atoms with Crippen molar-refractivity contribution in [2.75, 3.05) is 0 Å². The fourth-order valence-electron chi connectivity index (χ4n) is 1.92. The number of aryl methyl sites for hydroxylation is 2. The molecule has 0 saturated heterocycles. The number of hydrogen-bond donors (Lipinski definition) is 0. The van der Waals surface area contributed by atoms with Gasteiger partial charge in [-0.15, -0.1) is 16.4 Å². The molecule has 0 saturated carbocycles. The van der Waals surface area contributed by atoms with Crippen molar-refractivity contribution < 1.29 is 4.79 Å². The third-order valence-electron chi connectivity index (χ3n) is 3.15. The van der Waals surface area contributed by atoms with E-state index >= 15 is 0 Å². The summed E-state index contributed by atoms with van der Waals surface area (Å²) in [4.78, 5) is 19.2. The zero-order valence-corrected chi connectivity index (χ0v) is 12.6. The fourth-order valence-corrected chi connectivity index (χ4v) is 2.85. The van der Waals surface area contributed by atoms with Gasteiger partial charge in [0.2, 0.25) is 0 Å². The zero-order chi connectivity index (χ0) is 14.8. The Kier molecular flexibility index (Phi) is 3.62. The Morgan fingerprint density at radius 3 is 2.67 bits per heavy atom. The number of ketones is 1. The van der Waals surface area contributed by atoms with Crippen molar-refractivity contribution in [1.82, 2.24) is 20.0 Å². The second-order valence-corrected chi connectivity index (χ2v) is 5.99. The van der Waals surface area contributed by atoms with Crippen LogP contribution >= 0.6 is 11.3 Å². The van der Waals surface area contributed by atoms with Crippen molar-refractivity contribution in [3.63, 3.8) is 0 Å². The molecule has 106 valence electrons. The molecule has 0 amide bonds. The van der Waals surface area contributed by atoms with Crippen LogP contribution in [0.15, 0.2) is 36.5 Å². The predicted molar refractivity (Wildman–Crippen MR) is 81.0 cm³/mol. The molecular formula is C15H14N4OS. The SMILES string of the molecule is Cc1nc(CC(=O)c2cnn(-c3ccccc3)n2)sc1C. The third-order valence-corrected chi connectivity index (χ3v) is 4.22. The molecule has 1 aromatic carbocycles. The average Bonchev–Trinajstić information content (AvgIpc) is 3.08. The van der Waals surface area contributed by atoms with Crippen molar-refractivity contribution in [2.45, 2.75) is 20.3 Å². The third kappa shape index (κ3) is 2.90. The van der Waals surface area contributed by atoms with Crippen LogP contribution in [0.1, 0.15) is 26.1 Å². The van der Waals surface area contributed by atoms with Crippen molar-refractivity contribution >= 4 is 17.1 Å². The number of aromatic nitrogens is 4. The highest BCUT2D eigenvalue weighted by Gasteiger charge is 2.15. The molecule has 5 nitrogen and oxygen atoms in total. The van der Waals surface area contributed by atoms with Crippen molar-refractivity contribution in [1.29, 1.82) is 0 Å². The van der Waals surface area contributed by atoms with Gasteiger partial charge in [-0.2, -0.15) is 9.90 Å². The van der Waals surface area contributed by atoms with Gasteiger partial charge in [-0.1, -0.05) is 18.2 Å². The summed E-state index contributed by atoms with van der Waals surface area (Å²) in [5.74, 6) is -0.0640. The normalized spacial score (nSPS) is 10.8. The van der Waals surface area contributed by atoms with E-state index in [1.807, 2.05) is 44.2 Å². The van der Waals surface area contributed by atoms with Crippen LogP contribution < -0.4 is 0 Å². The van der Waals surface area contributed by atoms with Crippen LogP contribution in [0.3, 0.4) is 0 Å². The summed E-state index contributed by atoms with van der Waals surface area (Å²) in [5, 5.41) is 9.20. The molecule has 21 heavy (non-hydrogen) atoms. The van der Waals surface area contributed by atoms with Gasteiger partial charge < -0.3 is 0 Å². The molecular weight excluding hydrogens is 284 g/mol. The summed E-state index contributed by atoms with van der Waals surface area (Å²) in [6, 6.07) is 9.51. The van der Waals surface area contributed by atoms with E-state index in [-0.39, 0.29) is 12.2 Å². The highest BCUT2D eigenvalue weighted by Crippen LogP contribution is 2.18. The lowest BCUT2D eigenvalue weighted by Crippen LogP contribution is -2.06. The first-order valence-corrected chi connectivity index (χ1v) is 7.39. The molecule has 6 heteroatoms. The van der Waals surface area contributed by atoms with Crippen LogP contribution in [-0.4, -0.2) is 25.8 Å². The van der Waals surface area contributed by atoms with Crippen LogP contribution in [0.25, 0.3) is 5.69 Å². The van der Waals surface area contributed by atoms with E-state index in [0.717, 1.165) is 21.3 Å². The lowest BCUT2D eigenvalue weighted by atomic mass is 10.2. The second-order valence-electron chi connectivity index (χ2n) is 4.70. The summed E-state index contributed by atoms with van der Waals surface area (Å²) in [6.45, 7) is 3.96. The van der Waals surface area contributed by atoms with Crippen molar-refractivity contribution in [2.24, 2.45) is 0 Å². The van der Waals surface area contributed by atoms with Crippen LogP contribution in [0.4, 0.5) is 0 Å². The molecule has 0 unspecified atom stereocenters. The lowest BCUT2D eigenvalue weighted by Gasteiger charge is -1.97. The maximum absolute atomic E-state index is 12.2. The van der Waals surface area contributed by atoms with Gasteiger partial charge in [0.15, 0.2) is 5.78 Å². The number of benzene rings is 1. The lowest BCUT2D eigenvalue weighted by molar-refractivity contribution is 0.0987. The Morgan fingerprint density at radius 2 is 2.00 bits per heavy atom. The van der Waals surface area contributed by atoms with Crippen molar-refractivity contribution in [3.8, 4) is 5.69 Å². The van der Waals surface area contributed by atoms with E-state index in [0.29, 0.717) is 5.69 Å². The number of thiazole rings is 1. The molecule has 0 radical (unpaired) electrons. The molecule has 0 fully saturated rings. The molecule has 0 atom stereocenters. The Morgan fingerprint density at radius 1 is 1.24 bits per heavy atom. The molecule has 2 aromatic heterocycles. The Hall–Kier alpha value is -2.34. The Bertz CT molecular complexity index is 757. The second kappa shape index (κ2) is 5.57. The van der Waals surface area contributed by atoms with E-state index in [1.165, 1.54) is 11.0 Å². The summed E-state index contributed by atoms with van der Waals surface area (Å²) in [7, 11) is 0. The number of Topliss-reactive ketones (excluding diaryl/α,β-unsaturated/α-hetero) is 1. The number of carbonyl (C=O) groups is 1. The van der Waals surface area contributed by atoms with Crippen LogP contribution in [0, 0.1) is 13.8 Å². The smallest absolute Gasteiger partial charge is 0.191 e. The van der Waals surface area contributed by atoms with Gasteiger partial charge in [0, 0.05) is 4.88 Å². The first-order valence-electron chi connectivity index (χ1n) is 6.57. The van der Waals surface area contributed by atoms with Crippen LogP contribution in [-0.2, 0) is 6.42 Å². The van der Waals surface area contributed by atoms with E-state index in [9.17, 15) is 4.79 Å². The first kappa shape index (κ1) is 13.6. The largest absolute Gasteiger partial charge is 0.292 e. The van der Waals surface area contributed by atoms with Gasteiger partial charge in [-0.05, 0) is 26.0 Å². The average molecular weight is 298 g/mol. The Labute approximate surface area is 126 Å². The molecule has 0 spiro atoms. The van der Waals surface area contributed by atoms with Crippen LogP contribution in [0.2, 0.25) is 0 Å². The summed E-state index contributed by atoms with van der Waals surface area (Å²) in [5.41, 5.74) is 2.18. The fraction of sp³-hybridized carbons (Fsp3) is 0.200. The topological polar surface area (TPSA) is 60.7 Å². The summed E-state index contributed by atoms with van der Waals surface area (Å²) in [6.07, 6.45) is 1.77. The standard InChI is InChI=1S/C15H14N4OS/c1-10-11(2)21-15(17-10)8-14(20)13-9-16-19(18-13)12-6-4-3-5-7-12/h3-7,9H,8H2,1-2H3. The van der Waals surface area contributed by atoms with Crippen LogP contribution in [0.5, 0.6) is 0 Å². The van der Waals surface area contributed by atoms with Gasteiger partial charge >= 0.3 is 0 Å². The molecule has 3 rings (SSSR count). The number of nitrogens with zero attached hydrogens (tertiary/aromatic N) is 4. The molecule has 0 bridgehead atoms. The number of carbonyl (C=O) groups excluding carboxylic acids is 1. The van der Waals surface area contributed by atoms with Gasteiger partial charge in [0.05, 0.1) is 24.0 Å². The quantitative estimate of drug-likeness (QED) is 0.695. The monoisotopic (exact) mass is 298 g/mol. The molecule has 0 N–H and O–H groups in total. The highest BCUT2D eigenvalue weighted by atomic mass is 32.1. The molecule has 0 aliphatic carbocycles. The van der Waals surface area contributed by atoms with E-state index < -0.39 is 0 Å². The maximum Gasteiger partial charge on any atom is 0.191 e. The predicted octanol–water partition coefficient (Wildman–Crippen LogP) is 2.77. The summed E-state index contributed by atoms with van der Waals surface area (Å²) >= 11 is 1.55. The molecule has 0 aliphatic rings. The Balaban J connectivity index is 1.78. The molecule has 2 heterocycles. The van der Waals surface area contributed by atoms with E-state index in [2.05, 4.69) is 15.2 Å². The van der Waals surface area contributed by atoms with Gasteiger partial charge in [-0.3, -0.25) is 4.79 Å². The number of hydrogen-bond acceptors (Lipinski definition) is 5. The minimum absolute atomic E-state index is 0.0640. The molecule has 0 aliphatic heterocycles. The zero-order valence-electron chi connectivity index (χ0n) is 11.8. The van der Waals surface area contributed by atoms with E-state index in [1.54, 1.807) is 11.3 Å². The molecule has 3 aromatic rings. The van der Waals surface area contributed by atoms with Gasteiger partial charge in [-0.25, -0.2) is 4.98 Å². The van der Waals surface area contributed by atoms with E-state index in [4.69, 9.17) is 0 Å². The minimum Gasteiger partial charge on any atom is -0.292 e. The number of rotatable bonds is 4.